The van der Waals surface area contributed by atoms with Crippen LogP contribution < -0.4 is 0 Å². The lowest BCUT2D eigenvalue weighted by Crippen LogP contribution is -2.06. The lowest BCUT2D eigenvalue weighted by molar-refractivity contribution is 0.103. The Hall–Kier alpha value is -2.66. The lowest BCUT2D eigenvalue weighted by atomic mass is 10.1. The third kappa shape index (κ3) is 3.24. The minimum Gasteiger partial charge on any atom is -0.286 e. The van der Waals surface area contributed by atoms with Crippen molar-refractivity contribution in [3.05, 3.63) is 81.6 Å². The van der Waals surface area contributed by atoms with Crippen LogP contribution in [0.1, 0.15) is 42.7 Å². The van der Waals surface area contributed by atoms with Gasteiger partial charge in [-0.25, -0.2) is 4.98 Å². The summed E-state index contributed by atoms with van der Waals surface area (Å²) in [5.74, 6) is -0.427. The maximum Gasteiger partial charge on any atom is 0.231 e. The van der Waals surface area contributed by atoms with Crippen molar-refractivity contribution in [1.82, 2.24) is 9.36 Å². The van der Waals surface area contributed by atoms with E-state index in [1.165, 1.54) is 0 Å². The third-order valence-corrected chi connectivity index (χ3v) is 4.16. The molecule has 0 unspecified atom stereocenters. The van der Waals surface area contributed by atoms with Crippen molar-refractivity contribution in [2.45, 2.75) is 13.8 Å². The highest BCUT2D eigenvalue weighted by molar-refractivity contribution is 7.08. The first-order chi connectivity index (χ1) is 11.0. The summed E-state index contributed by atoms with van der Waals surface area (Å²) >= 11 is 0.951. The van der Waals surface area contributed by atoms with Gasteiger partial charge in [0.2, 0.25) is 17.4 Å². The molecule has 5 heteroatoms. The Balaban J connectivity index is 1.85. The Labute approximate surface area is 138 Å². The number of aryl methyl sites for hydroxylation is 2. The van der Waals surface area contributed by atoms with Gasteiger partial charge in [0.05, 0.1) is 0 Å². The molecule has 114 valence electrons. The fourth-order valence-corrected chi connectivity index (χ4v) is 2.70. The summed E-state index contributed by atoms with van der Waals surface area (Å²) in [6.45, 7) is 3.91. The standard InChI is InChI=1S/C18H14N2O2S/c1-11-3-7-13(8-4-11)15(21)17-19-18(23-20-17)16(22)14-9-5-12(2)6-10-14/h3-10H,1-2H3. The van der Waals surface area contributed by atoms with Crippen molar-refractivity contribution in [3.63, 3.8) is 0 Å². The van der Waals surface area contributed by atoms with E-state index in [1.54, 1.807) is 24.3 Å². The minimum atomic E-state index is -0.274. The van der Waals surface area contributed by atoms with Crippen LogP contribution in [0.5, 0.6) is 0 Å². The fraction of sp³-hybridized carbons (Fsp3) is 0.111. The van der Waals surface area contributed by atoms with Gasteiger partial charge in [0.25, 0.3) is 0 Å². The van der Waals surface area contributed by atoms with E-state index in [9.17, 15) is 9.59 Å². The van der Waals surface area contributed by atoms with Gasteiger partial charge in [-0.3, -0.25) is 9.59 Å². The largest absolute Gasteiger partial charge is 0.286 e. The van der Waals surface area contributed by atoms with Crippen LogP contribution in [0.4, 0.5) is 0 Å². The Bertz CT molecular complexity index is 793. The average Bonchev–Trinajstić information content (AvgIpc) is 3.05. The van der Waals surface area contributed by atoms with Crippen molar-refractivity contribution < 1.29 is 9.59 Å². The van der Waals surface area contributed by atoms with E-state index in [1.807, 2.05) is 38.1 Å². The second kappa shape index (κ2) is 6.22. The molecule has 0 fully saturated rings. The third-order valence-electron chi connectivity index (χ3n) is 3.45. The monoisotopic (exact) mass is 322 g/mol. The van der Waals surface area contributed by atoms with Crippen LogP contribution in [0, 0.1) is 13.8 Å². The molecule has 1 heterocycles. The van der Waals surface area contributed by atoms with Crippen molar-refractivity contribution in [2.24, 2.45) is 0 Å². The number of carbonyl (C=O) groups is 2. The lowest BCUT2D eigenvalue weighted by Gasteiger charge is -1.98. The van der Waals surface area contributed by atoms with Crippen molar-refractivity contribution in [1.29, 1.82) is 0 Å². The number of hydrogen-bond donors (Lipinski definition) is 0. The summed E-state index contributed by atoms with van der Waals surface area (Å²) in [7, 11) is 0. The highest BCUT2D eigenvalue weighted by atomic mass is 32.1. The van der Waals surface area contributed by atoms with Gasteiger partial charge in [-0.2, -0.15) is 4.37 Å². The Morgan fingerprint density at radius 3 is 1.78 bits per heavy atom. The molecule has 0 saturated heterocycles. The van der Waals surface area contributed by atoms with Gasteiger partial charge in [0, 0.05) is 11.1 Å². The normalized spacial score (nSPS) is 10.5. The zero-order valence-electron chi connectivity index (χ0n) is 12.7. The van der Waals surface area contributed by atoms with E-state index in [-0.39, 0.29) is 22.4 Å². The Morgan fingerprint density at radius 1 is 0.783 bits per heavy atom. The summed E-state index contributed by atoms with van der Waals surface area (Å²) < 4.78 is 4.04. The summed E-state index contributed by atoms with van der Waals surface area (Å²) in [6, 6.07) is 14.4. The average molecular weight is 322 g/mol. The molecule has 1 aromatic heterocycles. The van der Waals surface area contributed by atoms with Gasteiger partial charge in [0.1, 0.15) is 0 Å². The predicted octanol–water partition coefficient (Wildman–Crippen LogP) is 3.62. The van der Waals surface area contributed by atoms with Gasteiger partial charge in [-0.1, -0.05) is 59.7 Å². The summed E-state index contributed by atoms with van der Waals surface area (Å²) in [6.07, 6.45) is 0. The molecule has 0 bridgehead atoms. The molecule has 0 aliphatic heterocycles. The number of ketones is 2. The molecule has 4 nitrogen and oxygen atoms in total. The predicted molar refractivity (Wildman–Crippen MR) is 89.1 cm³/mol. The summed E-state index contributed by atoms with van der Waals surface area (Å²) in [4.78, 5) is 28.8. The molecule has 23 heavy (non-hydrogen) atoms. The molecule has 0 radical (unpaired) electrons. The minimum absolute atomic E-state index is 0.0642. The molecule has 0 aliphatic rings. The topological polar surface area (TPSA) is 59.9 Å². The SMILES string of the molecule is Cc1ccc(C(=O)c2nsc(C(=O)c3ccc(C)cc3)n2)cc1. The number of carbonyl (C=O) groups excluding carboxylic acids is 2. The molecular formula is C18H14N2O2S. The second-order valence-electron chi connectivity index (χ2n) is 5.31. The van der Waals surface area contributed by atoms with Gasteiger partial charge >= 0.3 is 0 Å². The van der Waals surface area contributed by atoms with E-state index in [2.05, 4.69) is 9.36 Å². The fourth-order valence-electron chi connectivity index (χ4n) is 2.07. The number of aromatic nitrogens is 2. The van der Waals surface area contributed by atoms with Crippen LogP contribution in [-0.4, -0.2) is 20.9 Å². The van der Waals surface area contributed by atoms with Crippen molar-refractivity contribution in [2.75, 3.05) is 0 Å². The van der Waals surface area contributed by atoms with Gasteiger partial charge < -0.3 is 0 Å². The van der Waals surface area contributed by atoms with Gasteiger partial charge in [-0.05, 0) is 25.4 Å². The Morgan fingerprint density at radius 2 is 1.26 bits per heavy atom. The van der Waals surface area contributed by atoms with E-state index < -0.39 is 0 Å². The molecule has 0 aliphatic carbocycles. The van der Waals surface area contributed by atoms with Crippen LogP contribution in [0.25, 0.3) is 0 Å². The molecule has 0 spiro atoms. The first-order valence-electron chi connectivity index (χ1n) is 7.11. The number of benzene rings is 2. The van der Waals surface area contributed by atoms with E-state index in [0.717, 1.165) is 22.7 Å². The zero-order valence-corrected chi connectivity index (χ0v) is 13.6. The van der Waals surface area contributed by atoms with Crippen LogP contribution in [-0.2, 0) is 0 Å². The van der Waals surface area contributed by atoms with Gasteiger partial charge in [-0.15, -0.1) is 0 Å². The molecule has 0 amide bonds. The number of nitrogens with zero attached hydrogens (tertiary/aromatic N) is 2. The first kappa shape index (κ1) is 15.2. The molecule has 3 rings (SSSR count). The van der Waals surface area contributed by atoms with Crippen LogP contribution in [0.15, 0.2) is 48.5 Å². The van der Waals surface area contributed by atoms with E-state index >= 15 is 0 Å². The highest BCUT2D eigenvalue weighted by Crippen LogP contribution is 2.15. The smallest absolute Gasteiger partial charge is 0.231 e. The molecule has 3 aromatic rings. The van der Waals surface area contributed by atoms with Gasteiger partial charge in [0.15, 0.2) is 5.01 Å². The number of rotatable bonds is 4. The van der Waals surface area contributed by atoms with Crippen molar-refractivity contribution in [3.8, 4) is 0 Å². The molecule has 2 aromatic carbocycles. The summed E-state index contributed by atoms with van der Waals surface area (Å²) in [5.41, 5.74) is 3.21. The molecule has 0 N–H and O–H groups in total. The highest BCUT2D eigenvalue weighted by Gasteiger charge is 2.19. The number of hydrogen-bond acceptors (Lipinski definition) is 5. The molecule has 0 atom stereocenters. The first-order valence-corrected chi connectivity index (χ1v) is 7.88. The molecule has 0 saturated carbocycles. The van der Waals surface area contributed by atoms with Crippen LogP contribution in [0.2, 0.25) is 0 Å². The molecular weight excluding hydrogens is 308 g/mol. The van der Waals surface area contributed by atoms with Crippen molar-refractivity contribution >= 4 is 23.1 Å². The maximum absolute atomic E-state index is 12.4. The quantitative estimate of drug-likeness (QED) is 0.688. The zero-order chi connectivity index (χ0) is 16.4. The van der Waals surface area contributed by atoms with E-state index in [4.69, 9.17) is 0 Å². The maximum atomic E-state index is 12.4. The summed E-state index contributed by atoms with van der Waals surface area (Å²) in [5, 5.41) is 0.226. The second-order valence-corrected chi connectivity index (χ2v) is 6.07. The van der Waals surface area contributed by atoms with Crippen LogP contribution in [0.3, 0.4) is 0 Å². The van der Waals surface area contributed by atoms with E-state index in [0.29, 0.717) is 11.1 Å². The van der Waals surface area contributed by atoms with Crippen LogP contribution >= 0.6 is 11.5 Å². The Kier molecular flexibility index (Phi) is 4.12.